The summed E-state index contributed by atoms with van der Waals surface area (Å²) in [7, 11) is 0. The van der Waals surface area contributed by atoms with Gasteiger partial charge in [-0.25, -0.2) is 4.39 Å². The van der Waals surface area contributed by atoms with Crippen molar-refractivity contribution in [2.24, 2.45) is 5.73 Å². The fraction of sp³-hybridized carbons (Fsp3) is 0.385. The molecule has 1 aromatic rings. The number of carbonyl (C=O) groups excluding carboxylic acids is 1. The molecule has 0 bridgehead atoms. The normalized spacial score (nSPS) is 19.2. The summed E-state index contributed by atoms with van der Waals surface area (Å²) in [6, 6.07) is 2.98. The fourth-order valence-electron chi connectivity index (χ4n) is 2.30. The summed E-state index contributed by atoms with van der Waals surface area (Å²) >= 11 is 4.97. The van der Waals surface area contributed by atoms with Crippen LogP contribution in [-0.4, -0.2) is 33.5 Å². The Balaban J connectivity index is 2.31. The minimum absolute atomic E-state index is 0.0526. The van der Waals surface area contributed by atoms with Gasteiger partial charge in [-0.15, -0.1) is 0 Å². The first-order valence-electron chi connectivity index (χ1n) is 6.09. The molecule has 1 aromatic carbocycles. The van der Waals surface area contributed by atoms with Crippen LogP contribution in [0.2, 0.25) is 0 Å². The number of phenolic OH excluding ortho intramolecular Hbond substituents is 1. The van der Waals surface area contributed by atoms with Crippen LogP contribution in [0.25, 0.3) is 0 Å². The molecule has 3 N–H and O–H groups in total. The van der Waals surface area contributed by atoms with Crippen LogP contribution in [-0.2, 0) is 0 Å². The molecule has 1 amide bonds. The quantitative estimate of drug-likeness (QED) is 0.812. The van der Waals surface area contributed by atoms with Crippen LogP contribution in [0.15, 0.2) is 18.2 Å². The average molecular weight is 282 g/mol. The summed E-state index contributed by atoms with van der Waals surface area (Å²) in [5.41, 5.74) is 5.59. The Kier molecular flexibility index (Phi) is 3.99. The zero-order valence-electron chi connectivity index (χ0n) is 10.3. The van der Waals surface area contributed by atoms with E-state index in [1.54, 1.807) is 0 Å². The number of nitrogens with two attached hydrogens (primary N) is 1. The molecule has 1 heterocycles. The van der Waals surface area contributed by atoms with Gasteiger partial charge >= 0.3 is 0 Å². The van der Waals surface area contributed by atoms with Gasteiger partial charge in [-0.05, 0) is 37.5 Å². The van der Waals surface area contributed by atoms with Crippen molar-refractivity contribution in [1.29, 1.82) is 0 Å². The minimum Gasteiger partial charge on any atom is -0.507 e. The summed E-state index contributed by atoms with van der Waals surface area (Å²) < 4.78 is 13.2. The van der Waals surface area contributed by atoms with Crippen LogP contribution < -0.4 is 5.73 Å². The molecule has 1 fully saturated rings. The van der Waals surface area contributed by atoms with Gasteiger partial charge in [-0.2, -0.15) is 0 Å². The van der Waals surface area contributed by atoms with Gasteiger partial charge in [0.15, 0.2) is 0 Å². The molecule has 0 spiro atoms. The molecule has 102 valence electrons. The summed E-state index contributed by atoms with van der Waals surface area (Å²) in [6.45, 7) is 0.511. The number of nitrogens with zero attached hydrogens (tertiary/aromatic N) is 1. The highest BCUT2D eigenvalue weighted by molar-refractivity contribution is 7.80. The predicted octanol–water partition coefficient (Wildman–Crippen LogP) is 1.81. The maximum absolute atomic E-state index is 13.2. The first kappa shape index (κ1) is 13.7. The summed E-state index contributed by atoms with van der Waals surface area (Å²) in [6.07, 6.45) is 2.50. The van der Waals surface area contributed by atoms with E-state index in [0.717, 1.165) is 25.0 Å². The lowest BCUT2D eigenvalue weighted by molar-refractivity contribution is 0.0678. The largest absolute Gasteiger partial charge is 0.507 e. The molecular weight excluding hydrogens is 267 g/mol. The standard InChI is InChI=1S/C13H15FN2O2S/c14-8-4-5-11(17)9(7-8)13(18)16-6-2-1-3-10(16)12(15)19/h4-5,7,10,17H,1-3,6H2,(H2,15,19). The Morgan fingerprint density at radius 2 is 2.21 bits per heavy atom. The van der Waals surface area contributed by atoms with E-state index in [4.69, 9.17) is 18.0 Å². The van der Waals surface area contributed by atoms with Gasteiger partial charge in [0.2, 0.25) is 0 Å². The Hall–Kier alpha value is -1.69. The van der Waals surface area contributed by atoms with Gasteiger partial charge in [-0.3, -0.25) is 4.79 Å². The van der Waals surface area contributed by atoms with Gasteiger partial charge in [-0.1, -0.05) is 12.2 Å². The van der Waals surface area contributed by atoms with Gasteiger partial charge in [0.05, 0.1) is 16.6 Å². The molecule has 0 aromatic heterocycles. The van der Waals surface area contributed by atoms with Gasteiger partial charge < -0.3 is 15.7 Å². The van der Waals surface area contributed by atoms with Crippen LogP contribution in [0.4, 0.5) is 4.39 Å². The molecule has 6 heteroatoms. The summed E-state index contributed by atoms with van der Waals surface area (Å²) in [5, 5.41) is 9.68. The van der Waals surface area contributed by atoms with Crippen LogP contribution in [0.5, 0.6) is 5.75 Å². The molecule has 2 rings (SSSR count). The zero-order valence-corrected chi connectivity index (χ0v) is 11.1. The Labute approximate surface area is 116 Å². The molecule has 19 heavy (non-hydrogen) atoms. The number of hydrogen-bond donors (Lipinski definition) is 2. The number of carbonyl (C=O) groups is 1. The fourth-order valence-corrected chi connectivity index (χ4v) is 2.55. The number of phenols is 1. The number of aromatic hydroxyl groups is 1. The maximum atomic E-state index is 13.2. The molecule has 1 saturated heterocycles. The maximum Gasteiger partial charge on any atom is 0.258 e. The van der Waals surface area contributed by atoms with Crippen molar-refractivity contribution in [3.63, 3.8) is 0 Å². The van der Waals surface area contributed by atoms with Crippen molar-refractivity contribution in [1.82, 2.24) is 4.90 Å². The minimum atomic E-state index is -0.565. The summed E-state index contributed by atoms with van der Waals surface area (Å²) in [5.74, 6) is -1.24. The first-order chi connectivity index (χ1) is 9.00. The number of amides is 1. The predicted molar refractivity (Wildman–Crippen MR) is 73.5 cm³/mol. The Bertz CT molecular complexity index is 521. The van der Waals surface area contributed by atoms with Crippen molar-refractivity contribution < 1.29 is 14.3 Å². The molecule has 1 aliphatic rings. The first-order valence-corrected chi connectivity index (χ1v) is 6.50. The van der Waals surface area contributed by atoms with E-state index in [1.165, 1.54) is 11.0 Å². The number of benzene rings is 1. The van der Waals surface area contributed by atoms with Crippen LogP contribution >= 0.6 is 12.2 Å². The molecule has 1 atom stereocenters. The lowest BCUT2D eigenvalue weighted by atomic mass is 10.0. The topological polar surface area (TPSA) is 66.6 Å². The van der Waals surface area contributed by atoms with Crippen molar-refractivity contribution in [3.8, 4) is 5.75 Å². The van der Waals surface area contributed by atoms with Crippen LogP contribution in [0.3, 0.4) is 0 Å². The van der Waals surface area contributed by atoms with Crippen molar-refractivity contribution in [2.45, 2.75) is 25.3 Å². The van der Waals surface area contributed by atoms with Gasteiger partial charge in [0, 0.05) is 6.54 Å². The molecule has 0 radical (unpaired) electrons. The molecular formula is C13H15FN2O2S. The average Bonchev–Trinajstić information content (AvgIpc) is 2.40. The van der Waals surface area contributed by atoms with Gasteiger partial charge in [0.25, 0.3) is 5.91 Å². The number of piperidine rings is 1. The van der Waals surface area contributed by atoms with Crippen molar-refractivity contribution in [3.05, 3.63) is 29.6 Å². The second kappa shape index (κ2) is 5.52. The molecule has 4 nitrogen and oxygen atoms in total. The SMILES string of the molecule is NC(=S)C1CCCCN1C(=O)c1cc(F)ccc1O. The Morgan fingerprint density at radius 3 is 2.89 bits per heavy atom. The van der Waals surface area contributed by atoms with Gasteiger partial charge in [0.1, 0.15) is 11.6 Å². The van der Waals surface area contributed by atoms with Crippen molar-refractivity contribution >= 4 is 23.1 Å². The highest BCUT2D eigenvalue weighted by atomic mass is 32.1. The monoisotopic (exact) mass is 282 g/mol. The van der Waals surface area contributed by atoms with E-state index < -0.39 is 11.7 Å². The molecule has 0 saturated carbocycles. The van der Waals surface area contributed by atoms with E-state index in [0.29, 0.717) is 13.0 Å². The Morgan fingerprint density at radius 1 is 1.47 bits per heavy atom. The van der Waals surface area contributed by atoms with E-state index >= 15 is 0 Å². The van der Waals surface area contributed by atoms with E-state index in [9.17, 15) is 14.3 Å². The third-order valence-corrected chi connectivity index (χ3v) is 3.55. The molecule has 1 unspecified atom stereocenters. The third-order valence-electron chi connectivity index (χ3n) is 3.28. The molecule has 0 aliphatic carbocycles. The van der Waals surface area contributed by atoms with Crippen LogP contribution in [0.1, 0.15) is 29.6 Å². The number of rotatable bonds is 2. The lowest BCUT2D eigenvalue weighted by Crippen LogP contribution is -2.49. The van der Waals surface area contributed by atoms with Crippen LogP contribution in [0, 0.1) is 5.82 Å². The van der Waals surface area contributed by atoms with E-state index in [2.05, 4.69) is 0 Å². The smallest absolute Gasteiger partial charge is 0.258 e. The second-order valence-electron chi connectivity index (χ2n) is 4.57. The highest BCUT2D eigenvalue weighted by Gasteiger charge is 2.30. The third kappa shape index (κ3) is 2.84. The number of likely N-dealkylation sites (tertiary alicyclic amines) is 1. The number of thiocarbonyl (C=S) groups is 1. The molecule has 1 aliphatic heterocycles. The highest BCUT2D eigenvalue weighted by Crippen LogP contribution is 2.24. The van der Waals surface area contributed by atoms with Crippen molar-refractivity contribution in [2.75, 3.05) is 6.54 Å². The second-order valence-corrected chi connectivity index (χ2v) is 5.05. The number of hydrogen-bond acceptors (Lipinski definition) is 3. The summed E-state index contributed by atoms with van der Waals surface area (Å²) in [4.78, 5) is 14.1. The van der Waals surface area contributed by atoms with E-state index in [1.807, 2.05) is 0 Å². The number of halogens is 1. The lowest BCUT2D eigenvalue weighted by Gasteiger charge is -2.35. The zero-order chi connectivity index (χ0) is 14.0. The van der Waals surface area contributed by atoms with E-state index in [-0.39, 0.29) is 22.3 Å².